The Labute approximate surface area is 222 Å². The highest BCUT2D eigenvalue weighted by Gasteiger charge is 2.25. The summed E-state index contributed by atoms with van der Waals surface area (Å²) in [6.45, 7) is 5.37. The number of hydrazone groups is 1. The van der Waals surface area contributed by atoms with Gasteiger partial charge in [0.05, 0.1) is 15.7 Å². The molecule has 35 heavy (non-hydrogen) atoms. The molecule has 0 fully saturated rings. The van der Waals surface area contributed by atoms with E-state index in [1.807, 2.05) is 19.9 Å². The summed E-state index contributed by atoms with van der Waals surface area (Å²) in [5, 5.41) is 16.0. The van der Waals surface area contributed by atoms with Crippen molar-refractivity contribution in [3.05, 3.63) is 56.5 Å². The smallest absolute Gasteiger partial charge is 0.262 e. The predicted molar refractivity (Wildman–Crippen MR) is 139 cm³/mol. The minimum atomic E-state index is -0.904. The second-order valence-electron chi connectivity index (χ2n) is 7.90. The van der Waals surface area contributed by atoms with Crippen LogP contribution in [-0.2, 0) is 9.59 Å². The average molecular weight is 584 g/mol. The van der Waals surface area contributed by atoms with Crippen molar-refractivity contribution >= 4 is 57.2 Å². The molecule has 2 aromatic rings. The summed E-state index contributed by atoms with van der Waals surface area (Å²) in [7, 11) is 0. The number of halogens is 3. The lowest BCUT2D eigenvalue weighted by atomic mass is 10.0. The molecule has 0 saturated heterocycles. The summed E-state index contributed by atoms with van der Waals surface area (Å²) in [6.07, 6.45) is 0.954. The van der Waals surface area contributed by atoms with Gasteiger partial charge in [-0.2, -0.15) is 10.4 Å². The molecule has 0 bridgehead atoms. The first-order valence-electron chi connectivity index (χ1n) is 10.6. The van der Waals surface area contributed by atoms with Crippen LogP contribution in [0.2, 0.25) is 10.0 Å². The number of nitrogens with zero attached hydrogens (tertiary/aromatic N) is 2. The van der Waals surface area contributed by atoms with Gasteiger partial charge in [0.2, 0.25) is 0 Å². The molecule has 8 nitrogen and oxygen atoms in total. The number of carbonyl (C=O) groups is 2. The van der Waals surface area contributed by atoms with E-state index in [1.165, 1.54) is 12.3 Å². The third kappa shape index (κ3) is 9.40. The van der Waals surface area contributed by atoms with Gasteiger partial charge >= 0.3 is 0 Å². The monoisotopic (exact) mass is 582 g/mol. The second kappa shape index (κ2) is 13.9. The van der Waals surface area contributed by atoms with Crippen LogP contribution < -0.4 is 20.2 Å². The predicted octanol–water partition coefficient (Wildman–Crippen LogP) is 5.11. The number of nitriles is 1. The quantitative estimate of drug-likeness (QED) is 0.282. The lowest BCUT2D eigenvalue weighted by Crippen LogP contribution is -2.49. The van der Waals surface area contributed by atoms with Crippen LogP contribution >= 0.6 is 39.1 Å². The number of hydrogen-bond acceptors (Lipinski definition) is 6. The van der Waals surface area contributed by atoms with Gasteiger partial charge in [-0.05, 0) is 77.2 Å². The fraction of sp³-hybridized carbons (Fsp3) is 0.333. The van der Waals surface area contributed by atoms with E-state index in [4.69, 9.17) is 37.9 Å². The van der Waals surface area contributed by atoms with Crippen molar-refractivity contribution in [3.63, 3.8) is 0 Å². The van der Waals surface area contributed by atoms with Crippen LogP contribution in [0.3, 0.4) is 0 Å². The molecule has 2 rings (SSSR count). The van der Waals surface area contributed by atoms with Gasteiger partial charge in [0, 0.05) is 5.02 Å². The Hall–Kier alpha value is -2.80. The van der Waals surface area contributed by atoms with E-state index in [2.05, 4.69) is 31.8 Å². The third-order valence-corrected chi connectivity index (χ3v) is 5.69. The van der Waals surface area contributed by atoms with Crippen molar-refractivity contribution in [3.8, 4) is 17.6 Å². The first-order valence-corrected chi connectivity index (χ1v) is 12.2. The molecule has 11 heteroatoms. The molecule has 0 unspecified atom stereocenters. The highest BCUT2D eigenvalue weighted by atomic mass is 79.9. The topological polar surface area (TPSA) is 113 Å². The number of ether oxygens (including phenoxy) is 2. The standard InChI is InChI=1S/C24H25BrCl2N4O4/c1-14(2)10-20(30-23(32)15(3)35-22-7-5-17(26)12-19(22)27)24(33)31-29-13-16-4-6-21(18(25)11-16)34-9-8-28/h4-7,11-15,20H,9-10H2,1-3H3,(H,30,32)(H,31,33)/b29-13-/t15-,20+/m1/s1. The fourth-order valence-corrected chi connectivity index (χ4v) is 3.84. The van der Waals surface area contributed by atoms with Crippen LogP contribution in [0.25, 0.3) is 0 Å². The molecular weight excluding hydrogens is 559 g/mol. The lowest BCUT2D eigenvalue weighted by Gasteiger charge is -2.22. The summed E-state index contributed by atoms with van der Waals surface area (Å²) in [4.78, 5) is 25.4. The zero-order chi connectivity index (χ0) is 26.0. The summed E-state index contributed by atoms with van der Waals surface area (Å²) in [5.74, 6) is 0.0201. The van der Waals surface area contributed by atoms with Crippen LogP contribution in [0.4, 0.5) is 0 Å². The van der Waals surface area contributed by atoms with Crippen molar-refractivity contribution in [2.75, 3.05) is 6.61 Å². The fourth-order valence-electron chi connectivity index (χ4n) is 2.88. The third-order valence-electron chi connectivity index (χ3n) is 4.54. The zero-order valence-corrected chi connectivity index (χ0v) is 22.4. The molecular formula is C24H25BrCl2N4O4. The summed E-state index contributed by atoms with van der Waals surface area (Å²) in [5.41, 5.74) is 3.15. The molecule has 0 saturated carbocycles. The van der Waals surface area contributed by atoms with E-state index in [0.717, 1.165) is 0 Å². The van der Waals surface area contributed by atoms with Crippen molar-refractivity contribution in [1.29, 1.82) is 5.26 Å². The van der Waals surface area contributed by atoms with E-state index in [1.54, 1.807) is 37.3 Å². The largest absolute Gasteiger partial charge is 0.479 e. The Balaban J connectivity index is 2.00. The number of nitrogens with one attached hydrogen (secondary N) is 2. The van der Waals surface area contributed by atoms with Crippen molar-refractivity contribution < 1.29 is 19.1 Å². The molecule has 0 aliphatic heterocycles. The van der Waals surface area contributed by atoms with Gasteiger partial charge in [-0.25, -0.2) is 5.43 Å². The van der Waals surface area contributed by atoms with E-state index in [0.29, 0.717) is 33.0 Å². The van der Waals surface area contributed by atoms with Crippen molar-refractivity contribution in [2.45, 2.75) is 39.3 Å². The molecule has 0 aliphatic rings. The highest BCUT2D eigenvalue weighted by Crippen LogP contribution is 2.28. The van der Waals surface area contributed by atoms with Crippen molar-refractivity contribution in [2.24, 2.45) is 11.0 Å². The SMILES string of the molecule is CC(C)C[C@H](NC(=O)[C@@H](C)Oc1ccc(Cl)cc1Cl)C(=O)N/N=C\c1ccc(OCC#N)c(Br)c1. The molecule has 2 atom stereocenters. The Kier molecular flexibility index (Phi) is 11.3. The molecule has 2 amide bonds. The highest BCUT2D eigenvalue weighted by molar-refractivity contribution is 9.10. The first-order chi connectivity index (χ1) is 16.6. The van der Waals surface area contributed by atoms with Gasteiger partial charge in [-0.3, -0.25) is 9.59 Å². The number of hydrogen-bond donors (Lipinski definition) is 2. The Morgan fingerprint density at radius 1 is 1.14 bits per heavy atom. The molecule has 0 radical (unpaired) electrons. The average Bonchev–Trinajstić information content (AvgIpc) is 2.79. The minimum Gasteiger partial charge on any atom is -0.479 e. The maximum absolute atomic E-state index is 12.7. The number of carbonyl (C=O) groups excluding carboxylic acids is 2. The van der Waals surface area contributed by atoms with Gasteiger partial charge in [0.15, 0.2) is 12.7 Å². The number of rotatable bonds is 11. The summed E-state index contributed by atoms with van der Waals surface area (Å²) in [6, 6.07) is 10.9. The van der Waals surface area contributed by atoms with Gasteiger partial charge in [0.25, 0.3) is 11.8 Å². The minimum absolute atomic E-state index is 0.0680. The summed E-state index contributed by atoms with van der Waals surface area (Å²) < 4.78 is 11.5. The first kappa shape index (κ1) is 28.4. The maximum atomic E-state index is 12.7. The second-order valence-corrected chi connectivity index (χ2v) is 9.59. The Bertz CT molecular complexity index is 1120. The molecule has 0 spiro atoms. The maximum Gasteiger partial charge on any atom is 0.262 e. The van der Waals surface area contributed by atoms with E-state index in [9.17, 15) is 9.59 Å². The molecule has 2 aromatic carbocycles. The van der Waals surface area contributed by atoms with Crippen LogP contribution in [0, 0.1) is 17.2 Å². The van der Waals surface area contributed by atoms with Crippen LogP contribution in [0.5, 0.6) is 11.5 Å². The Morgan fingerprint density at radius 2 is 1.86 bits per heavy atom. The van der Waals surface area contributed by atoms with Gasteiger partial charge < -0.3 is 14.8 Å². The van der Waals surface area contributed by atoms with E-state index < -0.39 is 24.0 Å². The molecule has 186 valence electrons. The number of amides is 2. The van der Waals surface area contributed by atoms with E-state index in [-0.39, 0.29) is 17.5 Å². The van der Waals surface area contributed by atoms with Crippen LogP contribution in [0.15, 0.2) is 46.0 Å². The lowest BCUT2D eigenvalue weighted by molar-refractivity contribution is -0.132. The van der Waals surface area contributed by atoms with Gasteiger partial charge in [0.1, 0.15) is 23.6 Å². The normalized spacial score (nSPS) is 12.6. The number of benzene rings is 2. The van der Waals surface area contributed by atoms with E-state index >= 15 is 0 Å². The molecule has 0 heterocycles. The van der Waals surface area contributed by atoms with Crippen molar-refractivity contribution in [1.82, 2.24) is 10.7 Å². The molecule has 0 aliphatic carbocycles. The summed E-state index contributed by atoms with van der Waals surface area (Å²) >= 11 is 15.4. The zero-order valence-electron chi connectivity index (χ0n) is 19.3. The molecule has 0 aromatic heterocycles. The van der Waals surface area contributed by atoms with Crippen LogP contribution in [-0.4, -0.2) is 36.8 Å². The Morgan fingerprint density at radius 3 is 2.49 bits per heavy atom. The van der Waals surface area contributed by atoms with Gasteiger partial charge in [-0.15, -0.1) is 0 Å². The van der Waals surface area contributed by atoms with Crippen LogP contribution in [0.1, 0.15) is 32.8 Å². The van der Waals surface area contributed by atoms with Gasteiger partial charge in [-0.1, -0.05) is 37.0 Å². The molecule has 2 N–H and O–H groups in total.